The number of hydrogen-bond acceptors (Lipinski definition) is 3. The van der Waals surface area contributed by atoms with Gasteiger partial charge in [0.25, 0.3) is 0 Å². The lowest BCUT2D eigenvalue weighted by Crippen LogP contribution is -2.24. The molecule has 0 fully saturated rings. The maximum Gasteiger partial charge on any atom is 0.240 e. The minimum Gasteiger partial charge on any atom is -0.271 e. The molecule has 1 N–H and O–H groups in total. The van der Waals surface area contributed by atoms with Crippen molar-refractivity contribution >= 4 is 21.6 Å². The van der Waals surface area contributed by atoms with Crippen LogP contribution in [0.25, 0.3) is 0 Å². The van der Waals surface area contributed by atoms with Crippen molar-refractivity contribution in [2.45, 2.75) is 11.4 Å². The molecule has 1 heterocycles. The third-order valence-corrected chi connectivity index (χ3v) is 4.16. The van der Waals surface area contributed by atoms with Gasteiger partial charge in [-0.15, -0.1) is 0 Å². The van der Waals surface area contributed by atoms with Crippen molar-refractivity contribution in [1.82, 2.24) is 14.5 Å². The zero-order valence-corrected chi connectivity index (χ0v) is 11.2. The molecule has 0 atom stereocenters. The van der Waals surface area contributed by atoms with Crippen molar-refractivity contribution < 1.29 is 8.42 Å². The van der Waals surface area contributed by atoms with Gasteiger partial charge in [-0.1, -0.05) is 11.6 Å². The summed E-state index contributed by atoms with van der Waals surface area (Å²) in [6, 6.07) is 7.77. The average Bonchev–Trinajstić information content (AvgIpc) is 2.73. The fourth-order valence-corrected chi connectivity index (χ4v) is 2.57. The Bertz CT molecular complexity index is 635. The smallest absolute Gasteiger partial charge is 0.240 e. The van der Waals surface area contributed by atoms with E-state index < -0.39 is 10.0 Å². The fraction of sp³-hybridized carbons (Fsp3) is 0.182. The van der Waals surface area contributed by atoms with E-state index in [4.69, 9.17) is 11.6 Å². The Labute approximate surface area is 110 Å². The Morgan fingerprint density at radius 2 is 1.94 bits per heavy atom. The van der Waals surface area contributed by atoms with Gasteiger partial charge >= 0.3 is 0 Å². The van der Waals surface area contributed by atoms with Crippen LogP contribution in [0.4, 0.5) is 0 Å². The van der Waals surface area contributed by atoms with Crippen molar-refractivity contribution in [3.05, 3.63) is 47.2 Å². The number of hydrogen-bond donors (Lipinski definition) is 1. The SMILES string of the molecule is Cn1nccc1CNS(=O)(=O)c1ccc(Cl)cc1. The van der Waals surface area contributed by atoms with Crippen LogP contribution in [0.1, 0.15) is 5.69 Å². The number of benzene rings is 1. The molecule has 0 aliphatic heterocycles. The molecule has 0 bridgehead atoms. The lowest BCUT2D eigenvalue weighted by molar-refractivity contribution is 0.577. The highest BCUT2D eigenvalue weighted by Crippen LogP contribution is 2.14. The van der Waals surface area contributed by atoms with Crippen LogP contribution in [0.5, 0.6) is 0 Å². The van der Waals surface area contributed by atoms with Crippen LogP contribution in [0, 0.1) is 0 Å². The summed E-state index contributed by atoms with van der Waals surface area (Å²) in [5.74, 6) is 0. The fourth-order valence-electron chi connectivity index (χ4n) is 1.44. The first-order valence-electron chi connectivity index (χ1n) is 5.21. The monoisotopic (exact) mass is 285 g/mol. The molecule has 0 aliphatic rings. The van der Waals surface area contributed by atoms with Gasteiger partial charge < -0.3 is 0 Å². The molecule has 0 saturated heterocycles. The van der Waals surface area contributed by atoms with Crippen LogP contribution in [-0.4, -0.2) is 18.2 Å². The van der Waals surface area contributed by atoms with E-state index >= 15 is 0 Å². The number of nitrogens with one attached hydrogen (secondary N) is 1. The largest absolute Gasteiger partial charge is 0.271 e. The third kappa shape index (κ3) is 2.90. The second-order valence-electron chi connectivity index (χ2n) is 3.72. The number of rotatable bonds is 4. The molecule has 0 saturated carbocycles. The van der Waals surface area contributed by atoms with Crippen molar-refractivity contribution in [2.75, 3.05) is 0 Å². The predicted molar refractivity (Wildman–Crippen MR) is 68.7 cm³/mol. The Morgan fingerprint density at radius 1 is 1.28 bits per heavy atom. The van der Waals surface area contributed by atoms with E-state index in [0.717, 1.165) is 5.69 Å². The number of sulfonamides is 1. The van der Waals surface area contributed by atoms with Gasteiger partial charge in [-0.05, 0) is 30.3 Å². The maximum absolute atomic E-state index is 12.0. The van der Waals surface area contributed by atoms with Crippen LogP contribution >= 0.6 is 11.6 Å². The number of halogens is 1. The molecular weight excluding hydrogens is 274 g/mol. The molecule has 7 heteroatoms. The molecule has 96 valence electrons. The first-order chi connectivity index (χ1) is 8.49. The highest BCUT2D eigenvalue weighted by molar-refractivity contribution is 7.89. The lowest BCUT2D eigenvalue weighted by Gasteiger charge is -2.07. The molecule has 0 amide bonds. The standard InChI is InChI=1S/C11H12ClN3O2S/c1-15-10(6-7-13-15)8-14-18(16,17)11-4-2-9(12)3-5-11/h2-7,14H,8H2,1H3. The van der Waals surface area contributed by atoms with Gasteiger partial charge in [0.15, 0.2) is 0 Å². The lowest BCUT2D eigenvalue weighted by atomic mass is 10.4. The van der Waals surface area contributed by atoms with Crippen LogP contribution in [-0.2, 0) is 23.6 Å². The quantitative estimate of drug-likeness (QED) is 0.927. The Hall–Kier alpha value is -1.37. The van der Waals surface area contributed by atoms with E-state index in [1.165, 1.54) is 12.1 Å². The van der Waals surface area contributed by atoms with Crippen molar-refractivity contribution in [1.29, 1.82) is 0 Å². The summed E-state index contributed by atoms with van der Waals surface area (Å²) in [6.07, 6.45) is 1.62. The van der Waals surface area contributed by atoms with Crippen molar-refractivity contribution in [3.8, 4) is 0 Å². The van der Waals surface area contributed by atoms with Crippen LogP contribution < -0.4 is 4.72 Å². The van der Waals surface area contributed by atoms with Crippen molar-refractivity contribution in [2.24, 2.45) is 7.05 Å². The average molecular weight is 286 g/mol. The molecule has 0 aliphatic carbocycles. The molecule has 5 nitrogen and oxygen atoms in total. The van der Waals surface area contributed by atoms with Gasteiger partial charge in [-0.3, -0.25) is 4.68 Å². The van der Waals surface area contributed by atoms with E-state index in [-0.39, 0.29) is 11.4 Å². The van der Waals surface area contributed by atoms with Gasteiger partial charge in [0.2, 0.25) is 10.0 Å². The number of nitrogens with zero attached hydrogens (tertiary/aromatic N) is 2. The maximum atomic E-state index is 12.0. The van der Waals surface area contributed by atoms with Crippen molar-refractivity contribution in [3.63, 3.8) is 0 Å². The molecule has 0 spiro atoms. The van der Waals surface area contributed by atoms with Gasteiger partial charge in [-0.25, -0.2) is 13.1 Å². The summed E-state index contributed by atoms with van der Waals surface area (Å²) in [5.41, 5.74) is 0.785. The van der Waals surface area contributed by atoms with E-state index in [1.807, 2.05) is 0 Å². The molecule has 0 radical (unpaired) electrons. The summed E-state index contributed by atoms with van der Waals surface area (Å²) in [4.78, 5) is 0.189. The molecular formula is C11H12ClN3O2S. The van der Waals surface area contributed by atoms with Crippen LogP contribution in [0.2, 0.25) is 5.02 Å². The van der Waals surface area contributed by atoms with E-state index in [1.54, 1.807) is 36.1 Å². The zero-order chi connectivity index (χ0) is 13.2. The summed E-state index contributed by atoms with van der Waals surface area (Å²) in [5, 5.41) is 4.47. The number of aromatic nitrogens is 2. The summed E-state index contributed by atoms with van der Waals surface area (Å²) in [7, 11) is -1.76. The van der Waals surface area contributed by atoms with Gasteiger partial charge in [0.05, 0.1) is 17.1 Å². The minimum atomic E-state index is -3.52. The highest BCUT2D eigenvalue weighted by Gasteiger charge is 2.14. The first-order valence-corrected chi connectivity index (χ1v) is 7.07. The topological polar surface area (TPSA) is 64.0 Å². The second kappa shape index (κ2) is 5.09. The normalized spacial score (nSPS) is 11.7. The second-order valence-corrected chi connectivity index (χ2v) is 5.93. The molecule has 1 aromatic carbocycles. The van der Waals surface area contributed by atoms with Crippen LogP contribution in [0.3, 0.4) is 0 Å². The highest BCUT2D eigenvalue weighted by atomic mass is 35.5. The molecule has 0 unspecified atom stereocenters. The number of aryl methyl sites for hydroxylation is 1. The predicted octanol–water partition coefficient (Wildman–Crippen LogP) is 1.55. The van der Waals surface area contributed by atoms with Gasteiger partial charge in [0.1, 0.15) is 0 Å². The van der Waals surface area contributed by atoms with Gasteiger partial charge in [0, 0.05) is 18.3 Å². The molecule has 2 aromatic rings. The summed E-state index contributed by atoms with van der Waals surface area (Å²) in [6.45, 7) is 0.196. The van der Waals surface area contributed by atoms with Crippen LogP contribution in [0.15, 0.2) is 41.4 Å². The first kappa shape index (κ1) is 13.1. The molecule has 1 aromatic heterocycles. The minimum absolute atomic E-state index is 0.189. The third-order valence-electron chi connectivity index (χ3n) is 2.49. The Balaban J connectivity index is 2.13. The molecule has 18 heavy (non-hydrogen) atoms. The van der Waals surface area contributed by atoms with E-state index in [2.05, 4.69) is 9.82 Å². The zero-order valence-electron chi connectivity index (χ0n) is 9.67. The van der Waals surface area contributed by atoms with E-state index in [9.17, 15) is 8.42 Å². The van der Waals surface area contributed by atoms with Gasteiger partial charge in [-0.2, -0.15) is 5.10 Å². The Morgan fingerprint density at radius 3 is 2.50 bits per heavy atom. The van der Waals surface area contributed by atoms with E-state index in [0.29, 0.717) is 5.02 Å². The molecule has 2 rings (SSSR count). The summed E-state index contributed by atoms with van der Waals surface area (Å²) < 4.78 is 28.1. The summed E-state index contributed by atoms with van der Waals surface area (Å²) >= 11 is 5.71. The Kier molecular flexibility index (Phi) is 3.70.